The molecule has 4 heteroatoms. The number of thiazole rings is 1. The molecular formula is C15H18N2OS. The van der Waals surface area contributed by atoms with E-state index < -0.39 is 0 Å². The molecule has 1 heterocycles. The fraction of sp³-hybridized carbons (Fsp3) is 0.400. The molecule has 1 aromatic carbocycles. The minimum atomic E-state index is 0.206. The first kappa shape index (κ1) is 12.6. The van der Waals surface area contributed by atoms with Gasteiger partial charge in [0, 0.05) is 17.6 Å². The van der Waals surface area contributed by atoms with E-state index in [4.69, 9.17) is 4.74 Å². The highest BCUT2D eigenvalue weighted by Crippen LogP contribution is 2.31. The van der Waals surface area contributed by atoms with Crippen LogP contribution in [0, 0.1) is 6.92 Å². The van der Waals surface area contributed by atoms with Gasteiger partial charge in [-0.25, -0.2) is 4.98 Å². The molecule has 0 bridgehead atoms. The van der Waals surface area contributed by atoms with Gasteiger partial charge in [0.25, 0.3) is 0 Å². The lowest BCUT2D eigenvalue weighted by Crippen LogP contribution is -2.24. The first-order chi connectivity index (χ1) is 9.28. The number of benzene rings is 1. The highest BCUT2D eigenvalue weighted by Gasteiger charge is 2.27. The lowest BCUT2D eigenvalue weighted by Gasteiger charge is -2.18. The summed E-state index contributed by atoms with van der Waals surface area (Å²) in [5.74, 6) is 0.938. The molecule has 1 atom stereocenters. The minimum Gasteiger partial charge on any atom is -0.496 e. The third-order valence-corrected chi connectivity index (χ3v) is 4.27. The number of hydrogen-bond acceptors (Lipinski definition) is 4. The molecule has 0 saturated heterocycles. The van der Waals surface area contributed by atoms with Crippen LogP contribution in [0.4, 0.5) is 0 Å². The third-order valence-electron chi connectivity index (χ3n) is 3.43. The van der Waals surface area contributed by atoms with E-state index in [-0.39, 0.29) is 6.04 Å². The fourth-order valence-electron chi connectivity index (χ4n) is 2.25. The Bertz CT molecular complexity index is 549. The largest absolute Gasteiger partial charge is 0.496 e. The van der Waals surface area contributed by atoms with Gasteiger partial charge in [0.15, 0.2) is 0 Å². The Morgan fingerprint density at radius 1 is 1.42 bits per heavy atom. The van der Waals surface area contributed by atoms with Crippen LogP contribution in [0.2, 0.25) is 0 Å². The van der Waals surface area contributed by atoms with Gasteiger partial charge in [0.2, 0.25) is 0 Å². The number of rotatable bonds is 5. The van der Waals surface area contributed by atoms with Crippen molar-refractivity contribution in [3.8, 4) is 5.75 Å². The number of ether oxygens (including phenoxy) is 1. The Morgan fingerprint density at radius 2 is 2.26 bits per heavy atom. The molecule has 1 aliphatic carbocycles. The summed E-state index contributed by atoms with van der Waals surface area (Å²) in [5.41, 5.74) is 2.43. The maximum absolute atomic E-state index is 5.33. The summed E-state index contributed by atoms with van der Waals surface area (Å²) >= 11 is 1.71. The molecule has 1 N–H and O–H groups in total. The molecule has 1 aromatic heterocycles. The van der Waals surface area contributed by atoms with Crippen LogP contribution in [0.5, 0.6) is 5.75 Å². The summed E-state index contributed by atoms with van der Waals surface area (Å²) in [6.45, 7) is 2.08. The van der Waals surface area contributed by atoms with E-state index in [0.717, 1.165) is 10.8 Å². The predicted molar refractivity (Wildman–Crippen MR) is 77.8 cm³/mol. The molecule has 1 saturated carbocycles. The molecule has 0 aliphatic heterocycles. The second-order valence-electron chi connectivity index (χ2n) is 4.97. The number of hydrogen-bond donors (Lipinski definition) is 1. The Labute approximate surface area is 117 Å². The summed E-state index contributed by atoms with van der Waals surface area (Å²) in [4.78, 5) is 4.47. The second-order valence-corrected chi connectivity index (χ2v) is 5.90. The third kappa shape index (κ3) is 2.80. The molecule has 0 radical (unpaired) electrons. The normalized spacial score (nSPS) is 16.3. The highest BCUT2D eigenvalue weighted by molar-refractivity contribution is 7.09. The van der Waals surface area contributed by atoms with Crippen LogP contribution in [0.25, 0.3) is 0 Å². The van der Waals surface area contributed by atoms with Crippen LogP contribution in [0.1, 0.15) is 35.0 Å². The van der Waals surface area contributed by atoms with Crippen molar-refractivity contribution in [2.24, 2.45) is 0 Å². The number of nitrogens with one attached hydrogen (secondary N) is 1. The Morgan fingerprint density at radius 3 is 2.84 bits per heavy atom. The van der Waals surface area contributed by atoms with Crippen LogP contribution in [-0.2, 0) is 0 Å². The summed E-state index contributed by atoms with van der Waals surface area (Å²) in [6.07, 6.45) is 4.42. The lowest BCUT2D eigenvalue weighted by atomic mass is 10.0. The quantitative estimate of drug-likeness (QED) is 0.908. The molecular weight excluding hydrogens is 256 g/mol. The molecule has 0 spiro atoms. The Balaban J connectivity index is 1.92. The zero-order chi connectivity index (χ0) is 13.2. The second kappa shape index (κ2) is 5.31. The molecule has 2 aromatic rings. The van der Waals surface area contributed by atoms with Gasteiger partial charge < -0.3 is 10.1 Å². The lowest BCUT2D eigenvalue weighted by molar-refractivity contribution is 0.411. The molecule has 3 rings (SSSR count). The molecule has 100 valence electrons. The van der Waals surface area contributed by atoms with Crippen molar-refractivity contribution in [3.63, 3.8) is 0 Å². The van der Waals surface area contributed by atoms with Crippen molar-refractivity contribution in [2.45, 2.75) is 31.8 Å². The molecule has 3 nitrogen and oxygen atoms in total. The van der Waals surface area contributed by atoms with Crippen LogP contribution in [0.15, 0.2) is 29.8 Å². The average molecular weight is 274 g/mol. The van der Waals surface area contributed by atoms with E-state index in [1.807, 2.05) is 17.6 Å². The van der Waals surface area contributed by atoms with Gasteiger partial charge in [-0.15, -0.1) is 11.3 Å². The number of aryl methyl sites for hydroxylation is 1. The van der Waals surface area contributed by atoms with E-state index in [0.29, 0.717) is 6.04 Å². The van der Waals surface area contributed by atoms with E-state index >= 15 is 0 Å². The number of nitrogens with zero attached hydrogens (tertiary/aromatic N) is 1. The van der Waals surface area contributed by atoms with Crippen LogP contribution >= 0.6 is 11.3 Å². The molecule has 1 aliphatic rings. The molecule has 0 amide bonds. The summed E-state index contributed by atoms with van der Waals surface area (Å²) in [5, 5.41) is 6.85. The van der Waals surface area contributed by atoms with Crippen molar-refractivity contribution >= 4 is 11.3 Å². The van der Waals surface area contributed by atoms with E-state index in [1.54, 1.807) is 18.4 Å². The average Bonchev–Trinajstić information content (AvgIpc) is 3.08. The standard InChI is InChI=1S/C15H18N2OS/c1-10-9-11(3-6-13(10)18-2)14(17-12-4-5-12)15-16-7-8-19-15/h3,6-9,12,14,17H,4-5H2,1-2H3. The highest BCUT2D eigenvalue weighted by atomic mass is 32.1. The topological polar surface area (TPSA) is 34.1 Å². The number of aromatic nitrogens is 1. The number of methoxy groups -OCH3 is 1. The molecule has 19 heavy (non-hydrogen) atoms. The Kier molecular flexibility index (Phi) is 3.53. The first-order valence-corrected chi connectivity index (χ1v) is 7.46. The van der Waals surface area contributed by atoms with Gasteiger partial charge in [-0.3, -0.25) is 0 Å². The van der Waals surface area contributed by atoms with Crippen LogP contribution < -0.4 is 10.1 Å². The van der Waals surface area contributed by atoms with Gasteiger partial charge in [0.05, 0.1) is 13.2 Å². The zero-order valence-electron chi connectivity index (χ0n) is 11.2. The van der Waals surface area contributed by atoms with Crippen LogP contribution in [-0.4, -0.2) is 18.1 Å². The van der Waals surface area contributed by atoms with E-state index in [2.05, 4.69) is 29.4 Å². The van der Waals surface area contributed by atoms with Gasteiger partial charge in [-0.2, -0.15) is 0 Å². The summed E-state index contributed by atoms with van der Waals surface area (Å²) in [6, 6.07) is 7.22. The van der Waals surface area contributed by atoms with Crippen molar-refractivity contribution in [2.75, 3.05) is 7.11 Å². The fourth-order valence-corrected chi connectivity index (χ4v) is 2.98. The van der Waals surface area contributed by atoms with Gasteiger partial charge >= 0.3 is 0 Å². The van der Waals surface area contributed by atoms with Crippen molar-refractivity contribution < 1.29 is 4.74 Å². The molecule has 1 unspecified atom stereocenters. The van der Waals surface area contributed by atoms with Crippen LogP contribution in [0.3, 0.4) is 0 Å². The zero-order valence-corrected chi connectivity index (χ0v) is 12.0. The SMILES string of the molecule is COc1ccc(C(NC2CC2)c2nccs2)cc1C. The molecule has 1 fully saturated rings. The van der Waals surface area contributed by atoms with Crippen molar-refractivity contribution in [1.29, 1.82) is 0 Å². The Hall–Kier alpha value is -1.39. The summed E-state index contributed by atoms with van der Waals surface area (Å²) in [7, 11) is 1.71. The van der Waals surface area contributed by atoms with Gasteiger partial charge in [-0.1, -0.05) is 12.1 Å². The minimum absolute atomic E-state index is 0.206. The predicted octanol–water partition coefficient (Wildman–Crippen LogP) is 3.30. The van der Waals surface area contributed by atoms with Gasteiger partial charge in [-0.05, 0) is 37.0 Å². The van der Waals surface area contributed by atoms with Crippen molar-refractivity contribution in [3.05, 3.63) is 45.9 Å². The first-order valence-electron chi connectivity index (χ1n) is 6.58. The van der Waals surface area contributed by atoms with Crippen molar-refractivity contribution in [1.82, 2.24) is 10.3 Å². The maximum atomic E-state index is 5.33. The van der Waals surface area contributed by atoms with Gasteiger partial charge in [0.1, 0.15) is 10.8 Å². The monoisotopic (exact) mass is 274 g/mol. The van der Waals surface area contributed by atoms with E-state index in [9.17, 15) is 0 Å². The maximum Gasteiger partial charge on any atom is 0.121 e. The van der Waals surface area contributed by atoms with E-state index in [1.165, 1.54) is 24.0 Å². The smallest absolute Gasteiger partial charge is 0.121 e. The summed E-state index contributed by atoms with van der Waals surface area (Å²) < 4.78 is 5.33.